The first-order valence-corrected chi connectivity index (χ1v) is 14.9. The topological polar surface area (TPSA) is 93.7 Å². The molecule has 2 aliphatic heterocycles. The van der Waals surface area contributed by atoms with Crippen LogP contribution in [0.15, 0.2) is 66.9 Å². The average Bonchev–Trinajstić information content (AvgIpc) is 3.32. The maximum Gasteiger partial charge on any atom is 0.332 e. The molecule has 3 amide bonds. The Kier molecular flexibility index (Phi) is 9.08. The van der Waals surface area contributed by atoms with E-state index in [1.807, 2.05) is 31.2 Å². The molecule has 10 nitrogen and oxygen atoms in total. The summed E-state index contributed by atoms with van der Waals surface area (Å²) in [5.41, 5.74) is 2.70. The van der Waals surface area contributed by atoms with Gasteiger partial charge in [0.25, 0.3) is 5.91 Å². The van der Waals surface area contributed by atoms with Crippen molar-refractivity contribution in [1.29, 1.82) is 0 Å². The quantitative estimate of drug-likeness (QED) is 0.160. The third-order valence-corrected chi connectivity index (χ3v) is 7.85. The number of carbonyl (C=O) groups excluding carboxylic acids is 2. The number of aryl methyl sites for hydroxylation is 1. The van der Waals surface area contributed by atoms with Crippen LogP contribution in [0.3, 0.4) is 0 Å². The SMILES string of the molecule is COc1cc2c(Oc3ccc(N4C(=O)CN(Cc5cccc(C)c5)C4=O)cc3F)ccnc2cc1OCCCN1CCOCC1. The van der Waals surface area contributed by atoms with Gasteiger partial charge in [0.15, 0.2) is 23.1 Å². The van der Waals surface area contributed by atoms with Gasteiger partial charge >= 0.3 is 6.03 Å². The van der Waals surface area contributed by atoms with Crippen molar-refractivity contribution >= 4 is 28.5 Å². The number of aromatic nitrogens is 1. The Morgan fingerprint density at radius 1 is 0.956 bits per heavy atom. The first kappa shape index (κ1) is 30.3. The Hall–Kier alpha value is -4.74. The van der Waals surface area contributed by atoms with Gasteiger partial charge in [-0.15, -0.1) is 0 Å². The number of urea groups is 1. The van der Waals surface area contributed by atoms with E-state index in [0.717, 1.165) is 61.4 Å². The number of hydrogen-bond acceptors (Lipinski definition) is 8. The van der Waals surface area contributed by atoms with E-state index in [4.69, 9.17) is 18.9 Å². The van der Waals surface area contributed by atoms with Crippen LogP contribution >= 0.6 is 0 Å². The second kappa shape index (κ2) is 13.5. The first-order valence-electron chi connectivity index (χ1n) is 14.9. The van der Waals surface area contributed by atoms with Gasteiger partial charge in [-0.05, 0) is 43.2 Å². The zero-order valence-corrected chi connectivity index (χ0v) is 25.3. The highest BCUT2D eigenvalue weighted by atomic mass is 19.1. The number of methoxy groups -OCH3 is 1. The number of imide groups is 1. The van der Waals surface area contributed by atoms with E-state index in [0.29, 0.717) is 34.8 Å². The fraction of sp³-hybridized carbons (Fsp3) is 0.324. The number of benzene rings is 3. The molecule has 0 spiro atoms. The molecule has 3 aromatic carbocycles. The van der Waals surface area contributed by atoms with E-state index in [9.17, 15) is 9.59 Å². The van der Waals surface area contributed by atoms with Crippen LogP contribution in [0.25, 0.3) is 10.9 Å². The van der Waals surface area contributed by atoms with Crippen LogP contribution in [-0.2, 0) is 16.1 Å². The number of hydrogen-bond donors (Lipinski definition) is 0. The molecule has 4 aromatic rings. The summed E-state index contributed by atoms with van der Waals surface area (Å²) < 4.78 is 38.4. The van der Waals surface area contributed by atoms with Crippen molar-refractivity contribution in [3.05, 3.63) is 83.8 Å². The van der Waals surface area contributed by atoms with Gasteiger partial charge in [-0.1, -0.05) is 29.8 Å². The maximum atomic E-state index is 15.4. The molecule has 0 atom stereocenters. The lowest BCUT2D eigenvalue weighted by molar-refractivity contribution is -0.116. The maximum absolute atomic E-state index is 15.4. The van der Waals surface area contributed by atoms with Crippen LogP contribution in [0.4, 0.5) is 14.9 Å². The fourth-order valence-electron chi connectivity index (χ4n) is 5.57. The van der Waals surface area contributed by atoms with E-state index < -0.39 is 17.8 Å². The molecule has 11 heteroatoms. The van der Waals surface area contributed by atoms with E-state index in [2.05, 4.69) is 9.88 Å². The molecule has 2 aliphatic rings. The molecule has 3 heterocycles. The second-order valence-corrected chi connectivity index (χ2v) is 11.1. The zero-order chi connectivity index (χ0) is 31.3. The van der Waals surface area contributed by atoms with Crippen LogP contribution in [-0.4, -0.2) is 79.8 Å². The number of rotatable bonds is 11. The molecule has 6 rings (SSSR count). The second-order valence-electron chi connectivity index (χ2n) is 11.1. The summed E-state index contributed by atoms with van der Waals surface area (Å²) in [6, 6.07) is 16.4. The highest BCUT2D eigenvalue weighted by molar-refractivity contribution is 6.19. The van der Waals surface area contributed by atoms with E-state index >= 15 is 4.39 Å². The lowest BCUT2D eigenvalue weighted by Crippen LogP contribution is -2.37. The van der Waals surface area contributed by atoms with Gasteiger partial charge in [-0.3, -0.25) is 14.7 Å². The van der Waals surface area contributed by atoms with Crippen LogP contribution < -0.4 is 19.1 Å². The molecule has 2 fully saturated rings. The molecule has 234 valence electrons. The van der Waals surface area contributed by atoms with Crippen molar-refractivity contribution in [2.75, 3.05) is 58.0 Å². The number of halogens is 1. The van der Waals surface area contributed by atoms with Crippen LogP contribution in [0, 0.1) is 12.7 Å². The molecule has 1 aromatic heterocycles. The van der Waals surface area contributed by atoms with Gasteiger partial charge in [-0.25, -0.2) is 14.1 Å². The summed E-state index contributed by atoms with van der Waals surface area (Å²) in [6.07, 6.45) is 2.43. The third kappa shape index (κ3) is 6.84. The number of nitrogens with zero attached hydrogens (tertiary/aromatic N) is 4. The molecule has 0 unspecified atom stereocenters. The number of morpholine rings is 1. The molecular formula is C34H35FN4O6. The number of amides is 3. The van der Waals surface area contributed by atoms with Gasteiger partial charge in [0.2, 0.25) is 0 Å². The Balaban J connectivity index is 1.15. The van der Waals surface area contributed by atoms with Gasteiger partial charge in [0, 0.05) is 49.9 Å². The summed E-state index contributed by atoms with van der Waals surface area (Å²) in [5.74, 6) is 0.215. The minimum absolute atomic E-state index is 0.0654. The largest absolute Gasteiger partial charge is 0.493 e. The normalized spacial score (nSPS) is 15.6. The molecule has 0 saturated carbocycles. The Bertz CT molecular complexity index is 1710. The molecule has 0 N–H and O–H groups in total. The van der Waals surface area contributed by atoms with Gasteiger partial charge in [0.1, 0.15) is 12.3 Å². The summed E-state index contributed by atoms with van der Waals surface area (Å²) in [4.78, 5) is 35.2. The number of pyridine rings is 1. The highest BCUT2D eigenvalue weighted by Crippen LogP contribution is 2.38. The van der Waals surface area contributed by atoms with Crippen LogP contribution in [0.1, 0.15) is 17.5 Å². The van der Waals surface area contributed by atoms with Crippen molar-refractivity contribution in [2.24, 2.45) is 0 Å². The Morgan fingerprint density at radius 3 is 2.58 bits per heavy atom. The van der Waals surface area contributed by atoms with Gasteiger partial charge in [-0.2, -0.15) is 0 Å². The van der Waals surface area contributed by atoms with Crippen molar-refractivity contribution in [3.63, 3.8) is 0 Å². The summed E-state index contributed by atoms with van der Waals surface area (Å²) in [6.45, 7) is 6.97. The smallest absolute Gasteiger partial charge is 0.332 e. The number of anilines is 1. The molecule has 2 saturated heterocycles. The molecule has 0 aliphatic carbocycles. The first-order chi connectivity index (χ1) is 21.9. The van der Waals surface area contributed by atoms with Crippen molar-refractivity contribution < 1.29 is 32.9 Å². The van der Waals surface area contributed by atoms with Crippen LogP contribution in [0.5, 0.6) is 23.0 Å². The summed E-state index contributed by atoms with van der Waals surface area (Å²) >= 11 is 0. The average molecular weight is 615 g/mol. The fourth-order valence-corrected chi connectivity index (χ4v) is 5.57. The standard InChI is InChI=1S/C34H35FN4O6/c1-23-5-3-6-24(17-23)21-38-22-33(40)39(34(38)41)25-7-8-30(27(35)18-25)45-29-9-10-36-28-20-32(31(42-2)19-26(28)29)44-14-4-11-37-12-15-43-16-13-37/h3,5-10,17-20H,4,11-16,21-22H2,1-2H3. The highest BCUT2D eigenvalue weighted by Gasteiger charge is 2.37. The number of ether oxygens (including phenoxy) is 4. The zero-order valence-electron chi connectivity index (χ0n) is 25.3. The molecule has 0 radical (unpaired) electrons. The monoisotopic (exact) mass is 614 g/mol. The lowest BCUT2D eigenvalue weighted by Gasteiger charge is -2.26. The van der Waals surface area contributed by atoms with Crippen molar-refractivity contribution in [3.8, 4) is 23.0 Å². The van der Waals surface area contributed by atoms with Crippen molar-refractivity contribution in [1.82, 2.24) is 14.8 Å². The molecule has 0 bridgehead atoms. The van der Waals surface area contributed by atoms with Gasteiger partial charge in [0.05, 0.1) is 38.1 Å². The Morgan fingerprint density at radius 2 is 1.80 bits per heavy atom. The minimum atomic E-state index is -0.720. The van der Waals surface area contributed by atoms with Crippen molar-refractivity contribution in [2.45, 2.75) is 19.9 Å². The van der Waals surface area contributed by atoms with E-state index in [1.165, 1.54) is 17.0 Å². The lowest BCUT2D eigenvalue weighted by atomic mass is 10.1. The Labute approximate surface area is 260 Å². The minimum Gasteiger partial charge on any atom is -0.493 e. The summed E-state index contributed by atoms with van der Waals surface area (Å²) in [5, 5.41) is 0.607. The molecular weight excluding hydrogens is 579 g/mol. The molecule has 45 heavy (non-hydrogen) atoms. The predicted molar refractivity (Wildman–Crippen MR) is 167 cm³/mol. The van der Waals surface area contributed by atoms with E-state index in [-0.39, 0.29) is 24.5 Å². The van der Waals surface area contributed by atoms with E-state index in [1.54, 1.807) is 31.5 Å². The predicted octanol–water partition coefficient (Wildman–Crippen LogP) is 5.55. The summed E-state index contributed by atoms with van der Waals surface area (Å²) in [7, 11) is 1.56. The third-order valence-electron chi connectivity index (χ3n) is 7.85. The number of fused-ring (bicyclic) bond motifs is 1. The van der Waals surface area contributed by atoms with Gasteiger partial charge < -0.3 is 23.8 Å². The van der Waals surface area contributed by atoms with Crippen LogP contribution in [0.2, 0.25) is 0 Å². The number of carbonyl (C=O) groups is 2.